The summed E-state index contributed by atoms with van der Waals surface area (Å²) >= 11 is 5.97. The highest BCUT2D eigenvalue weighted by atomic mass is 35.5. The van der Waals surface area contributed by atoms with Gasteiger partial charge in [0.15, 0.2) is 0 Å². The van der Waals surface area contributed by atoms with Crippen LogP contribution in [0.15, 0.2) is 36.4 Å². The van der Waals surface area contributed by atoms with Gasteiger partial charge in [-0.3, -0.25) is 14.4 Å². The lowest BCUT2D eigenvalue weighted by atomic mass is 10.2. The third-order valence-corrected chi connectivity index (χ3v) is 4.21. The largest absolute Gasteiger partial charge is 0.351 e. The van der Waals surface area contributed by atoms with Crippen molar-refractivity contribution in [3.63, 3.8) is 0 Å². The fourth-order valence-electron chi connectivity index (χ4n) is 2.26. The van der Waals surface area contributed by atoms with Gasteiger partial charge in [0.2, 0.25) is 11.8 Å². The van der Waals surface area contributed by atoms with Crippen LogP contribution in [0.4, 0.5) is 14.5 Å². The van der Waals surface area contributed by atoms with Gasteiger partial charge < -0.3 is 16.0 Å². The third kappa shape index (κ3) is 6.02. The molecule has 3 amide bonds. The number of carbonyl (C=O) groups excluding carboxylic acids is 3. The van der Waals surface area contributed by atoms with Gasteiger partial charge in [0.05, 0.1) is 12.1 Å². The topological polar surface area (TPSA) is 87.3 Å². The molecular weight excluding hydrogens is 392 g/mol. The van der Waals surface area contributed by atoms with Crippen molar-refractivity contribution >= 4 is 35.0 Å². The second kappa shape index (κ2) is 9.80. The minimum absolute atomic E-state index is 0.0729. The summed E-state index contributed by atoms with van der Waals surface area (Å²) in [5.41, 5.74) is 0.929. The van der Waals surface area contributed by atoms with E-state index in [1.807, 2.05) is 0 Å². The van der Waals surface area contributed by atoms with Gasteiger partial charge in [-0.2, -0.15) is 0 Å². The van der Waals surface area contributed by atoms with Crippen molar-refractivity contribution in [1.82, 2.24) is 10.6 Å². The Balaban J connectivity index is 1.73. The normalized spacial score (nSPS) is 10.3. The van der Waals surface area contributed by atoms with Crippen LogP contribution >= 0.6 is 11.6 Å². The number of benzene rings is 2. The lowest BCUT2D eigenvalue weighted by Crippen LogP contribution is -2.35. The molecule has 0 aliphatic carbocycles. The van der Waals surface area contributed by atoms with Crippen LogP contribution in [0.3, 0.4) is 0 Å². The molecule has 0 saturated heterocycles. The Bertz CT molecular complexity index is 906. The fraction of sp³-hybridized carbons (Fsp3) is 0.211. The Kier molecular flexibility index (Phi) is 7.45. The molecule has 2 rings (SSSR count). The Morgan fingerprint density at radius 3 is 2.50 bits per heavy atom. The van der Waals surface area contributed by atoms with E-state index in [0.717, 1.165) is 12.1 Å². The van der Waals surface area contributed by atoms with Crippen LogP contribution in [0, 0.1) is 18.6 Å². The fourth-order valence-corrected chi connectivity index (χ4v) is 2.44. The van der Waals surface area contributed by atoms with Crippen molar-refractivity contribution in [1.29, 1.82) is 0 Å². The summed E-state index contributed by atoms with van der Waals surface area (Å²) in [6.07, 6.45) is -0.113. The molecule has 0 atom stereocenters. The van der Waals surface area contributed by atoms with E-state index in [1.165, 1.54) is 0 Å². The molecule has 3 N–H and O–H groups in total. The van der Waals surface area contributed by atoms with Crippen LogP contribution in [0.5, 0.6) is 0 Å². The minimum atomic E-state index is -0.991. The molecule has 2 aromatic carbocycles. The van der Waals surface area contributed by atoms with Crippen molar-refractivity contribution in [2.75, 3.05) is 18.4 Å². The van der Waals surface area contributed by atoms with Crippen LogP contribution in [0.25, 0.3) is 0 Å². The van der Waals surface area contributed by atoms with E-state index in [1.54, 1.807) is 25.1 Å². The van der Waals surface area contributed by atoms with Crippen LogP contribution in [-0.2, 0) is 9.59 Å². The van der Waals surface area contributed by atoms with Gasteiger partial charge in [0.1, 0.15) is 11.6 Å². The number of rotatable bonds is 7. The molecule has 0 aromatic heterocycles. The minimum Gasteiger partial charge on any atom is -0.351 e. The van der Waals surface area contributed by atoms with E-state index in [-0.39, 0.29) is 25.1 Å². The average molecular weight is 410 g/mol. The Labute approximate surface area is 165 Å². The van der Waals surface area contributed by atoms with Crippen LogP contribution < -0.4 is 16.0 Å². The lowest BCUT2D eigenvalue weighted by Gasteiger charge is -2.10. The lowest BCUT2D eigenvalue weighted by molar-refractivity contribution is -0.124. The number of hydrogen-bond donors (Lipinski definition) is 3. The second-order valence-corrected chi connectivity index (χ2v) is 6.27. The van der Waals surface area contributed by atoms with E-state index in [2.05, 4.69) is 16.0 Å². The Hall–Kier alpha value is -3.00. The van der Waals surface area contributed by atoms with Crippen LogP contribution in [0.1, 0.15) is 22.3 Å². The first-order valence-electron chi connectivity index (χ1n) is 8.33. The van der Waals surface area contributed by atoms with E-state index < -0.39 is 29.4 Å². The first kappa shape index (κ1) is 21.3. The van der Waals surface area contributed by atoms with Crippen molar-refractivity contribution < 1.29 is 23.2 Å². The Morgan fingerprint density at radius 2 is 1.79 bits per heavy atom. The standard InChI is InChI=1S/C19H18ClF2N3O3/c1-11-14(20)3-2-4-16(11)25-18(27)10-24-17(26)7-8-23-19(28)13-6-5-12(21)9-15(13)22/h2-6,9H,7-8,10H2,1H3,(H,23,28)(H,24,26)(H,25,27). The summed E-state index contributed by atoms with van der Waals surface area (Å²) in [7, 11) is 0. The number of anilines is 1. The van der Waals surface area contributed by atoms with Crippen molar-refractivity contribution in [3.05, 3.63) is 64.2 Å². The van der Waals surface area contributed by atoms with Gasteiger partial charge >= 0.3 is 0 Å². The SMILES string of the molecule is Cc1c(Cl)cccc1NC(=O)CNC(=O)CCNC(=O)c1ccc(F)cc1F. The summed E-state index contributed by atoms with van der Waals surface area (Å²) in [5.74, 6) is -3.46. The maximum absolute atomic E-state index is 13.5. The van der Waals surface area contributed by atoms with Gasteiger partial charge in [-0.05, 0) is 36.8 Å². The van der Waals surface area contributed by atoms with Gasteiger partial charge in [0, 0.05) is 29.7 Å². The summed E-state index contributed by atoms with van der Waals surface area (Å²) in [6, 6.07) is 7.65. The van der Waals surface area contributed by atoms with Gasteiger partial charge in [-0.25, -0.2) is 8.78 Å². The maximum Gasteiger partial charge on any atom is 0.254 e. The number of carbonyl (C=O) groups is 3. The molecule has 148 valence electrons. The first-order chi connectivity index (χ1) is 13.3. The molecule has 0 fully saturated rings. The summed E-state index contributed by atoms with van der Waals surface area (Å²) < 4.78 is 26.3. The predicted molar refractivity (Wildman–Crippen MR) is 101 cm³/mol. The molecule has 0 aliphatic heterocycles. The van der Waals surface area contributed by atoms with E-state index in [4.69, 9.17) is 11.6 Å². The summed E-state index contributed by atoms with van der Waals surface area (Å²) in [4.78, 5) is 35.5. The Morgan fingerprint density at radius 1 is 1.04 bits per heavy atom. The van der Waals surface area contributed by atoms with Gasteiger partial charge in [-0.15, -0.1) is 0 Å². The zero-order valence-corrected chi connectivity index (χ0v) is 15.7. The molecule has 0 unspecified atom stereocenters. The van der Waals surface area contributed by atoms with Gasteiger partial charge in [-0.1, -0.05) is 17.7 Å². The molecule has 0 saturated carbocycles. The molecule has 0 heterocycles. The van der Waals surface area contributed by atoms with Crippen molar-refractivity contribution in [2.45, 2.75) is 13.3 Å². The van der Waals surface area contributed by atoms with E-state index in [9.17, 15) is 23.2 Å². The third-order valence-electron chi connectivity index (χ3n) is 3.80. The van der Waals surface area contributed by atoms with Crippen molar-refractivity contribution in [2.24, 2.45) is 0 Å². The average Bonchev–Trinajstić information content (AvgIpc) is 2.63. The zero-order chi connectivity index (χ0) is 20.7. The smallest absolute Gasteiger partial charge is 0.254 e. The number of amides is 3. The molecule has 9 heteroatoms. The maximum atomic E-state index is 13.5. The molecular formula is C19H18ClF2N3O3. The molecule has 2 aromatic rings. The highest BCUT2D eigenvalue weighted by Gasteiger charge is 2.13. The number of halogens is 3. The summed E-state index contributed by atoms with van der Waals surface area (Å²) in [5, 5.41) is 7.91. The molecule has 6 nitrogen and oxygen atoms in total. The van der Waals surface area contributed by atoms with E-state index in [0.29, 0.717) is 22.3 Å². The molecule has 0 radical (unpaired) electrons. The zero-order valence-electron chi connectivity index (χ0n) is 14.9. The highest BCUT2D eigenvalue weighted by molar-refractivity contribution is 6.31. The molecule has 0 bridgehead atoms. The first-order valence-corrected chi connectivity index (χ1v) is 8.70. The second-order valence-electron chi connectivity index (χ2n) is 5.87. The highest BCUT2D eigenvalue weighted by Crippen LogP contribution is 2.22. The van der Waals surface area contributed by atoms with Crippen molar-refractivity contribution in [3.8, 4) is 0 Å². The number of nitrogens with one attached hydrogen (secondary N) is 3. The van der Waals surface area contributed by atoms with E-state index >= 15 is 0 Å². The van der Waals surface area contributed by atoms with Gasteiger partial charge in [0.25, 0.3) is 5.91 Å². The molecule has 0 aliphatic rings. The van der Waals surface area contributed by atoms with Crippen LogP contribution in [0.2, 0.25) is 5.02 Å². The van der Waals surface area contributed by atoms with Crippen LogP contribution in [-0.4, -0.2) is 30.8 Å². The predicted octanol–water partition coefficient (Wildman–Crippen LogP) is 2.80. The number of hydrogen-bond acceptors (Lipinski definition) is 3. The quantitative estimate of drug-likeness (QED) is 0.657. The summed E-state index contributed by atoms with van der Waals surface area (Å²) in [6.45, 7) is 1.42. The monoisotopic (exact) mass is 409 g/mol. The molecule has 28 heavy (non-hydrogen) atoms. The molecule has 0 spiro atoms.